The summed E-state index contributed by atoms with van der Waals surface area (Å²) in [5.41, 5.74) is 6.17. The van der Waals surface area contributed by atoms with Crippen LogP contribution in [-0.4, -0.2) is 57.7 Å². The van der Waals surface area contributed by atoms with E-state index in [1.165, 1.54) is 0 Å². The number of rotatable bonds is 5. The molecule has 0 spiro atoms. The fraction of sp³-hybridized carbons (Fsp3) is 0.440. The second kappa shape index (κ2) is 9.51. The lowest BCUT2D eigenvalue weighted by Gasteiger charge is -2.33. The molecule has 0 unspecified atom stereocenters. The molecule has 33 heavy (non-hydrogen) atoms. The van der Waals surface area contributed by atoms with Gasteiger partial charge < -0.3 is 9.80 Å². The number of aryl methyl sites for hydroxylation is 1. The van der Waals surface area contributed by atoms with Crippen LogP contribution in [0.3, 0.4) is 0 Å². The van der Waals surface area contributed by atoms with E-state index in [2.05, 4.69) is 10.1 Å². The third-order valence-corrected chi connectivity index (χ3v) is 6.80. The molecule has 0 radical (unpaired) electrons. The average molecular weight is 467 g/mol. The van der Waals surface area contributed by atoms with Crippen LogP contribution in [0.25, 0.3) is 11.1 Å². The maximum absolute atomic E-state index is 13.2. The molecule has 8 heteroatoms. The Morgan fingerprint density at radius 2 is 1.91 bits per heavy atom. The van der Waals surface area contributed by atoms with E-state index in [-0.39, 0.29) is 18.4 Å². The molecule has 3 aromatic rings. The van der Waals surface area contributed by atoms with E-state index in [0.717, 1.165) is 53.2 Å². The number of hydrogen-bond acceptors (Lipinski definition) is 5. The first-order valence-corrected chi connectivity index (χ1v) is 11.7. The van der Waals surface area contributed by atoms with Crippen LogP contribution in [0.4, 0.5) is 5.95 Å². The molecule has 0 N–H and O–H groups in total. The molecule has 0 bridgehead atoms. The van der Waals surface area contributed by atoms with Crippen molar-refractivity contribution in [3.05, 3.63) is 58.1 Å². The van der Waals surface area contributed by atoms with Crippen molar-refractivity contribution < 1.29 is 4.79 Å². The SMILES string of the molecule is Cc1nn(CC(=O)N2CCC[C@@H](c3nc(N(C)C)ncc3-c3ccc(Cl)cc3)C2)c(C)c1C. The Bertz CT molecular complexity index is 1150. The van der Waals surface area contributed by atoms with Gasteiger partial charge in [-0.3, -0.25) is 9.48 Å². The number of aromatic nitrogens is 4. The zero-order valence-electron chi connectivity index (χ0n) is 20.0. The fourth-order valence-electron chi connectivity index (χ4n) is 4.36. The van der Waals surface area contributed by atoms with Crippen molar-refractivity contribution in [2.24, 2.45) is 0 Å². The van der Waals surface area contributed by atoms with Crippen LogP contribution in [0, 0.1) is 20.8 Å². The molecule has 1 aromatic carbocycles. The van der Waals surface area contributed by atoms with Gasteiger partial charge in [-0.2, -0.15) is 5.10 Å². The van der Waals surface area contributed by atoms with Crippen LogP contribution in [0.5, 0.6) is 0 Å². The van der Waals surface area contributed by atoms with Crippen molar-refractivity contribution in [1.29, 1.82) is 0 Å². The van der Waals surface area contributed by atoms with E-state index >= 15 is 0 Å². The lowest BCUT2D eigenvalue weighted by atomic mass is 9.90. The number of piperidine rings is 1. The van der Waals surface area contributed by atoms with E-state index in [0.29, 0.717) is 17.5 Å². The van der Waals surface area contributed by atoms with E-state index in [1.807, 2.05) is 79.8 Å². The highest BCUT2D eigenvalue weighted by Gasteiger charge is 2.29. The number of benzene rings is 1. The van der Waals surface area contributed by atoms with Gasteiger partial charge in [0.25, 0.3) is 0 Å². The normalized spacial score (nSPS) is 16.2. The summed E-state index contributed by atoms with van der Waals surface area (Å²) in [6.07, 6.45) is 3.81. The number of amides is 1. The molecule has 0 saturated carbocycles. The molecule has 174 valence electrons. The van der Waals surface area contributed by atoms with Crippen LogP contribution in [0.1, 0.15) is 41.4 Å². The Morgan fingerprint density at radius 3 is 2.55 bits per heavy atom. The largest absolute Gasteiger partial charge is 0.347 e. The molecule has 2 aromatic heterocycles. The van der Waals surface area contributed by atoms with Gasteiger partial charge >= 0.3 is 0 Å². The minimum absolute atomic E-state index is 0.0974. The molecule has 7 nitrogen and oxygen atoms in total. The zero-order chi connectivity index (χ0) is 23.7. The third kappa shape index (κ3) is 4.88. The van der Waals surface area contributed by atoms with Gasteiger partial charge in [-0.1, -0.05) is 23.7 Å². The van der Waals surface area contributed by atoms with E-state index in [4.69, 9.17) is 16.6 Å². The number of carbonyl (C=O) groups is 1. The molecule has 1 saturated heterocycles. The van der Waals surface area contributed by atoms with Crippen molar-refractivity contribution in [2.75, 3.05) is 32.1 Å². The second-order valence-corrected chi connectivity index (χ2v) is 9.44. The minimum atomic E-state index is 0.0974. The summed E-state index contributed by atoms with van der Waals surface area (Å²) < 4.78 is 1.82. The number of nitrogens with zero attached hydrogens (tertiary/aromatic N) is 6. The molecule has 1 aliphatic heterocycles. The lowest BCUT2D eigenvalue weighted by Crippen LogP contribution is -2.41. The van der Waals surface area contributed by atoms with Gasteiger partial charge in [0.15, 0.2) is 0 Å². The molecule has 3 heterocycles. The van der Waals surface area contributed by atoms with Gasteiger partial charge in [0.2, 0.25) is 11.9 Å². The summed E-state index contributed by atoms with van der Waals surface area (Å²) in [6.45, 7) is 7.71. The topological polar surface area (TPSA) is 67.2 Å². The van der Waals surface area contributed by atoms with Crippen LogP contribution < -0.4 is 4.90 Å². The van der Waals surface area contributed by atoms with Crippen molar-refractivity contribution in [2.45, 2.75) is 46.1 Å². The summed E-state index contributed by atoms with van der Waals surface area (Å²) >= 11 is 6.11. The summed E-state index contributed by atoms with van der Waals surface area (Å²) in [7, 11) is 3.88. The smallest absolute Gasteiger partial charge is 0.244 e. The van der Waals surface area contributed by atoms with Crippen LogP contribution in [0.15, 0.2) is 30.5 Å². The van der Waals surface area contributed by atoms with E-state index in [9.17, 15) is 4.79 Å². The first-order valence-electron chi connectivity index (χ1n) is 11.3. The Hall–Kier alpha value is -2.93. The van der Waals surface area contributed by atoms with E-state index in [1.54, 1.807) is 0 Å². The van der Waals surface area contributed by atoms with Crippen LogP contribution in [0.2, 0.25) is 5.02 Å². The number of anilines is 1. The Kier molecular flexibility index (Phi) is 6.70. The Balaban J connectivity index is 1.61. The number of likely N-dealkylation sites (tertiary alicyclic amines) is 1. The van der Waals surface area contributed by atoms with Crippen LogP contribution in [-0.2, 0) is 11.3 Å². The Morgan fingerprint density at radius 1 is 1.18 bits per heavy atom. The lowest BCUT2D eigenvalue weighted by molar-refractivity contribution is -0.133. The van der Waals surface area contributed by atoms with E-state index < -0.39 is 0 Å². The van der Waals surface area contributed by atoms with Crippen LogP contribution >= 0.6 is 11.6 Å². The summed E-state index contributed by atoms with van der Waals surface area (Å²) in [5.74, 6) is 0.904. The maximum Gasteiger partial charge on any atom is 0.244 e. The summed E-state index contributed by atoms with van der Waals surface area (Å²) in [4.78, 5) is 26.5. The highest BCUT2D eigenvalue weighted by atomic mass is 35.5. The molecule has 0 aliphatic carbocycles. The monoisotopic (exact) mass is 466 g/mol. The predicted molar refractivity (Wildman–Crippen MR) is 132 cm³/mol. The van der Waals surface area contributed by atoms with Gasteiger partial charge in [-0.05, 0) is 56.9 Å². The number of carbonyl (C=O) groups excluding carboxylic acids is 1. The van der Waals surface area contributed by atoms with Crippen molar-refractivity contribution in [3.8, 4) is 11.1 Å². The highest BCUT2D eigenvalue weighted by Crippen LogP contribution is 2.34. The first-order chi connectivity index (χ1) is 15.7. The van der Waals surface area contributed by atoms with Crippen molar-refractivity contribution >= 4 is 23.5 Å². The first kappa shape index (κ1) is 23.2. The summed E-state index contributed by atoms with van der Waals surface area (Å²) in [6, 6.07) is 7.76. The number of hydrogen-bond donors (Lipinski definition) is 0. The van der Waals surface area contributed by atoms with Crippen molar-refractivity contribution in [3.63, 3.8) is 0 Å². The molecule has 1 atom stereocenters. The third-order valence-electron chi connectivity index (χ3n) is 6.55. The zero-order valence-corrected chi connectivity index (χ0v) is 20.7. The second-order valence-electron chi connectivity index (χ2n) is 9.00. The summed E-state index contributed by atoms with van der Waals surface area (Å²) in [5, 5.41) is 5.24. The quantitative estimate of drug-likeness (QED) is 0.557. The Labute approximate surface area is 200 Å². The van der Waals surface area contributed by atoms with Gasteiger partial charge in [0.05, 0.1) is 11.4 Å². The molecular formula is C25H31ClN6O. The fourth-order valence-corrected chi connectivity index (χ4v) is 4.49. The number of halogens is 1. The minimum Gasteiger partial charge on any atom is -0.347 e. The van der Waals surface area contributed by atoms with Gasteiger partial charge in [-0.15, -0.1) is 0 Å². The predicted octanol–water partition coefficient (Wildman–Crippen LogP) is 4.39. The van der Waals surface area contributed by atoms with Gasteiger partial charge in [0.1, 0.15) is 6.54 Å². The standard InChI is InChI=1S/C25H31ClN6O/c1-16-17(2)29-32(18(16)3)15-23(33)31-12-6-7-20(14-31)24-22(13-27-25(28-24)30(4)5)19-8-10-21(26)11-9-19/h8-11,13,20H,6-7,12,14-15H2,1-5H3/t20-/m1/s1. The van der Waals surface area contributed by atoms with Gasteiger partial charge in [-0.25, -0.2) is 9.97 Å². The maximum atomic E-state index is 13.2. The van der Waals surface area contributed by atoms with Crippen molar-refractivity contribution in [1.82, 2.24) is 24.6 Å². The van der Waals surface area contributed by atoms with Gasteiger partial charge in [0, 0.05) is 55.6 Å². The molecule has 4 rings (SSSR count). The highest BCUT2D eigenvalue weighted by molar-refractivity contribution is 6.30. The molecule has 1 aliphatic rings. The molecule has 1 fully saturated rings. The molecule has 1 amide bonds. The molecular weight excluding hydrogens is 436 g/mol. The average Bonchev–Trinajstić information content (AvgIpc) is 3.05.